The Balaban J connectivity index is 1.81. The number of benzene rings is 1. The fraction of sp³-hybridized carbons (Fsp3) is 0.611. The molecular weight excluding hydrogens is 342 g/mol. The van der Waals surface area contributed by atoms with Crippen LogP contribution in [0.5, 0.6) is 5.75 Å². The third-order valence-corrected chi connectivity index (χ3v) is 5.46. The van der Waals surface area contributed by atoms with Gasteiger partial charge < -0.3 is 25.4 Å². The lowest BCUT2D eigenvalue weighted by Crippen LogP contribution is -2.54. The summed E-state index contributed by atoms with van der Waals surface area (Å²) in [4.78, 5) is 15.2. The van der Waals surface area contributed by atoms with Crippen molar-refractivity contribution in [1.29, 1.82) is 0 Å². The summed E-state index contributed by atoms with van der Waals surface area (Å²) in [5.74, 6) is 0.391. The van der Waals surface area contributed by atoms with Gasteiger partial charge in [0.1, 0.15) is 5.75 Å². The molecule has 0 spiro atoms. The number of nitrogens with zero attached hydrogens (tertiary/aromatic N) is 1. The predicted molar refractivity (Wildman–Crippen MR) is 98.5 cm³/mol. The minimum atomic E-state index is -0.183. The second kappa shape index (κ2) is 7.81. The number of likely N-dealkylation sites (tertiary alicyclic amines) is 1. The van der Waals surface area contributed by atoms with Crippen molar-refractivity contribution in [1.82, 2.24) is 10.2 Å². The highest BCUT2D eigenvalue weighted by Crippen LogP contribution is 2.38. The average Bonchev–Trinajstić information content (AvgIpc) is 2.64. The molecule has 1 saturated heterocycles. The van der Waals surface area contributed by atoms with E-state index in [1.54, 1.807) is 13.2 Å². The summed E-state index contributed by atoms with van der Waals surface area (Å²) in [6.07, 6.45) is 2.47. The van der Waals surface area contributed by atoms with Gasteiger partial charge in [-0.05, 0) is 31.9 Å². The van der Waals surface area contributed by atoms with E-state index in [4.69, 9.17) is 26.8 Å². The molecule has 0 saturated carbocycles. The summed E-state index contributed by atoms with van der Waals surface area (Å²) in [6.45, 7) is 5.46. The van der Waals surface area contributed by atoms with Crippen LogP contribution in [0.1, 0.15) is 35.7 Å². The molecule has 2 unspecified atom stereocenters. The topological polar surface area (TPSA) is 76.8 Å². The number of likely N-dealkylation sites (N-methyl/N-ethyl adjacent to an activating group) is 1. The van der Waals surface area contributed by atoms with Crippen LogP contribution in [-0.4, -0.2) is 56.3 Å². The lowest BCUT2D eigenvalue weighted by molar-refractivity contribution is 0.00800. The molecule has 25 heavy (non-hydrogen) atoms. The maximum atomic E-state index is 12.9. The Morgan fingerprint density at radius 1 is 1.56 bits per heavy atom. The monoisotopic (exact) mass is 367 g/mol. The van der Waals surface area contributed by atoms with Gasteiger partial charge in [0, 0.05) is 25.8 Å². The zero-order chi connectivity index (χ0) is 18.0. The molecule has 1 amide bonds. The first kappa shape index (κ1) is 18.3. The number of nitrogens with one attached hydrogen (secondary N) is 1. The van der Waals surface area contributed by atoms with E-state index in [0.717, 1.165) is 44.5 Å². The number of nitrogen functional groups attached to an aromatic ring is 1. The van der Waals surface area contributed by atoms with E-state index in [0.29, 0.717) is 28.6 Å². The summed E-state index contributed by atoms with van der Waals surface area (Å²) < 4.78 is 11.3. The van der Waals surface area contributed by atoms with Crippen molar-refractivity contribution < 1.29 is 14.3 Å². The van der Waals surface area contributed by atoms with E-state index in [-0.39, 0.29) is 18.1 Å². The van der Waals surface area contributed by atoms with E-state index >= 15 is 0 Å². The van der Waals surface area contributed by atoms with Crippen LogP contribution in [0, 0.1) is 0 Å². The number of piperidine rings is 1. The van der Waals surface area contributed by atoms with Crippen LogP contribution in [0.2, 0.25) is 5.02 Å². The summed E-state index contributed by atoms with van der Waals surface area (Å²) in [5, 5.41) is 3.51. The van der Waals surface area contributed by atoms with Gasteiger partial charge in [-0.1, -0.05) is 18.5 Å². The van der Waals surface area contributed by atoms with Crippen LogP contribution < -0.4 is 15.8 Å². The molecular formula is C18H26ClN3O3. The van der Waals surface area contributed by atoms with Crippen molar-refractivity contribution in [3.8, 4) is 5.75 Å². The van der Waals surface area contributed by atoms with Crippen LogP contribution in [0.3, 0.4) is 0 Å². The number of hydrogen-bond acceptors (Lipinski definition) is 5. The molecule has 0 radical (unpaired) electrons. The first-order valence-corrected chi connectivity index (χ1v) is 9.22. The number of carbonyl (C=O) groups excluding carboxylic acids is 1. The number of rotatable bonds is 4. The van der Waals surface area contributed by atoms with Crippen molar-refractivity contribution in [2.75, 3.05) is 39.1 Å². The van der Waals surface area contributed by atoms with Gasteiger partial charge in [0.2, 0.25) is 0 Å². The molecule has 7 heteroatoms. The van der Waals surface area contributed by atoms with Crippen molar-refractivity contribution in [3.05, 3.63) is 22.2 Å². The second-order valence-corrected chi connectivity index (χ2v) is 7.02. The number of anilines is 1. The summed E-state index contributed by atoms with van der Waals surface area (Å²) in [7, 11) is 1.69. The SMILES string of the molecule is CCN1CCC(NC(=O)c2cc(Cl)c(N)c3c2OCCC3)C(OC)C1. The molecule has 0 aliphatic carbocycles. The Morgan fingerprint density at radius 3 is 3.08 bits per heavy atom. The van der Waals surface area contributed by atoms with Crippen LogP contribution in [0.4, 0.5) is 5.69 Å². The maximum Gasteiger partial charge on any atom is 0.255 e. The number of hydrogen-bond donors (Lipinski definition) is 2. The standard InChI is InChI=1S/C18H26ClN3O3/c1-3-22-7-6-14(15(10-22)24-2)21-18(23)12-9-13(19)16(20)11-5-4-8-25-17(11)12/h9,14-15H,3-8,10,20H2,1-2H3,(H,21,23). The van der Waals surface area contributed by atoms with E-state index in [9.17, 15) is 4.79 Å². The number of amides is 1. The molecule has 1 aromatic carbocycles. The number of ether oxygens (including phenoxy) is 2. The van der Waals surface area contributed by atoms with Gasteiger partial charge in [0.25, 0.3) is 5.91 Å². The Labute approximate surface area is 153 Å². The molecule has 2 aliphatic rings. The van der Waals surface area contributed by atoms with Crippen molar-refractivity contribution in [3.63, 3.8) is 0 Å². The van der Waals surface area contributed by atoms with Gasteiger partial charge in [-0.3, -0.25) is 4.79 Å². The molecule has 2 heterocycles. The smallest absolute Gasteiger partial charge is 0.255 e. The average molecular weight is 368 g/mol. The van der Waals surface area contributed by atoms with Crippen LogP contribution in [0.15, 0.2) is 6.07 Å². The first-order valence-electron chi connectivity index (χ1n) is 8.84. The van der Waals surface area contributed by atoms with E-state index in [2.05, 4.69) is 17.1 Å². The van der Waals surface area contributed by atoms with Crippen LogP contribution in [0.25, 0.3) is 0 Å². The summed E-state index contributed by atoms with van der Waals surface area (Å²) >= 11 is 6.24. The lowest BCUT2D eigenvalue weighted by atomic mass is 9.98. The number of methoxy groups -OCH3 is 1. The predicted octanol–water partition coefficient (Wildman–Crippen LogP) is 2.09. The van der Waals surface area contributed by atoms with Gasteiger partial charge in [0.15, 0.2) is 0 Å². The Hall–Kier alpha value is -1.50. The Bertz CT molecular complexity index is 653. The summed E-state index contributed by atoms with van der Waals surface area (Å²) in [5.41, 5.74) is 7.88. The number of nitrogens with two attached hydrogens (primary N) is 1. The number of carbonyl (C=O) groups is 1. The highest BCUT2D eigenvalue weighted by molar-refractivity contribution is 6.33. The molecule has 6 nitrogen and oxygen atoms in total. The number of halogens is 1. The molecule has 1 aromatic rings. The molecule has 0 bridgehead atoms. The molecule has 0 aromatic heterocycles. The largest absolute Gasteiger partial charge is 0.492 e. The number of fused-ring (bicyclic) bond motifs is 1. The van der Waals surface area contributed by atoms with Gasteiger partial charge in [0.05, 0.1) is 35.0 Å². The van der Waals surface area contributed by atoms with E-state index in [1.807, 2.05) is 0 Å². The van der Waals surface area contributed by atoms with Crippen LogP contribution in [-0.2, 0) is 11.2 Å². The van der Waals surface area contributed by atoms with Crippen molar-refractivity contribution in [2.24, 2.45) is 0 Å². The first-order chi connectivity index (χ1) is 12.0. The molecule has 1 fully saturated rings. The van der Waals surface area contributed by atoms with E-state index in [1.165, 1.54) is 0 Å². The minimum Gasteiger partial charge on any atom is -0.492 e. The van der Waals surface area contributed by atoms with Gasteiger partial charge in [-0.25, -0.2) is 0 Å². The molecule has 2 atom stereocenters. The Morgan fingerprint density at radius 2 is 2.36 bits per heavy atom. The highest BCUT2D eigenvalue weighted by atomic mass is 35.5. The third kappa shape index (κ3) is 3.71. The second-order valence-electron chi connectivity index (χ2n) is 6.62. The zero-order valence-electron chi connectivity index (χ0n) is 14.8. The molecule has 138 valence electrons. The lowest BCUT2D eigenvalue weighted by Gasteiger charge is -2.37. The molecule has 2 aliphatic heterocycles. The van der Waals surface area contributed by atoms with E-state index < -0.39 is 0 Å². The normalized spacial score (nSPS) is 23.6. The van der Waals surface area contributed by atoms with Crippen molar-refractivity contribution >= 4 is 23.2 Å². The maximum absolute atomic E-state index is 12.9. The fourth-order valence-corrected chi connectivity index (χ4v) is 3.84. The summed E-state index contributed by atoms with van der Waals surface area (Å²) in [6, 6.07) is 1.58. The van der Waals surface area contributed by atoms with Crippen LogP contribution >= 0.6 is 11.6 Å². The minimum absolute atomic E-state index is 0.0290. The quantitative estimate of drug-likeness (QED) is 0.797. The van der Waals surface area contributed by atoms with Gasteiger partial charge >= 0.3 is 0 Å². The van der Waals surface area contributed by atoms with Gasteiger partial charge in [-0.2, -0.15) is 0 Å². The van der Waals surface area contributed by atoms with Crippen molar-refractivity contribution in [2.45, 2.75) is 38.3 Å². The fourth-order valence-electron chi connectivity index (χ4n) is 3.62. The zero-order valence-corrected chi connectivity index (χ0v) is 15.6. The highest BCUT2D eigenvalue weighted by Gasteiger charge is 2.31. The third-order valence-electron chi connectivity index (χ3n) is 5.14. The van der Waals surface area contributed by atoms with Gasteiger partial charge in [-0.15, -0.1) is 0 Å². The molecule has 3 rings (SSSR count). The molecule has 3 N–H and O–H groups in total. The Kier molecular flexibility index (Phi) is 5.71.